The smallest absolute Gasteiger partial charge is 0.296 e. The molecular formula is C19H23N3O4. The van der Waals surface area contributed by atoms with Crippen molar-refractivity contribution in [3.8, 4) is 5.75 Å². The predicted octanol–water partition coefficient (Wildman–Crippen LogP) is 1.49. The second-order valence-corrected chi connectivity index (χ2v) is 6.14. The van der Waals surface area contributed by atoms with Crippen molar-refractivity contribution in [3.05, 3.63) is 57.8 Å². The van der Waals surface area contributed by atoms with Crippen molar-refractivity contribution in [1.29, 1.82) is 0 Å². The predicted molar refractivity (Wildman–Crippen MR) is 96.4 cm³/mol. The molecule has 2 aromatic rings. The van der Waals surface area contributed by atoms with E-state index in [2.05, 4.69) is 11.9 Å². The van der Waals surface area contributed by atoms with Gasteiger partial charge in [-0.25, -0.2) is 4.98 Å². The molecule has 7 heteroatoms. The maximum atomic E-state index is 12.8. The summed E-state index contributed by atoms with van der Waals surface area (Å²) in [6.45, 7) is 3.82. The molecule has 0 unspecified atom stereocenters. The average molecular weight is 357 g/mol. The molecule has 1 aromatic heterocycles. The number of amides is 1. The fourth-order valence-corrected chi connectivity index (χ4v) is 2.87. The van der Waals surface area contributed by atoms with Gasteiger partial charge in [-0.2, -0.15) is 0 Å². The lowest BCUT2D eigenvalue weighted by Crippen LogP contribution is -2.32. The van der Waals surface area contributed by atoms with Gasteiger partial charge in [-0.15, -0.1) is 0 Å². The van der Waals surface area contributed by atoms with Gasteiger partial charge in [-0.05, 0) is 24.1 Å². The van der Waals surface area contributed by atoms with E-state index < -0.39 is 0 Å². The van der Waals surface area contributed by atoms with Crippen LogP contribution in [0.15, 0.2) is 35.4 Å². The van der Waals surface area contributed by atoms with Gasteiger partial charge in [-0.1, -0.05) is 19.1 Å². The Morgan fingerprint density at radius 1 is 1.31 bits per heavy atom. The van der Waals surface area contributed by atoms with E-state index >= 15 is 0 Å². The van der Waals surface area contributed by atoms with Crippen LogP contribution in [0.2, 0.25) is 0 Å². The minimum atomic E-state index is -0.242. The Balaban J connectivity index is 1.82. The molecule has 1 aliphatic rings. The van der Waals surface area contributed by atoms with E-state index in [1.165, 1.54) is 16.5 Å². The van der Waals surface area contributed by atoms with Gasteiger partial charge >= 0.3 is 0 Å². The number of nitrogens with zero attached hydrogens (tertiary/aromatic N) is 3. The van der Waals surface area contributed by atoms with Gasteiger partial charge in [0, 0.05) is 12.7 Å². The maximum absolute atomic E-state index is 12.8. The van der Waals surface area contributed by atoms with Gasteiger partial charge in [0.2, 0.25) is 5.75 Å². The lowest BCUT2D eigenvalue weighted by Gasteiger charge is -2.19. The first-order chi connectivity index (χ1) is 12.6. The standard InChI is InChI=1S/C19H23N3O4/c1-3-14-4-6-15(7-5-14)18(23)21-9-11-26-17-16(12-21)20-13-22(19(17)24)8-10-25-2/h4-7,13H,3,8-12H2,1-2H3. The van der Waals surface area contributed by atoms with Gasteiger partial charge in [0.05, 0.1) is 32.6 Å². The summed E-state index contributed by atoms with van der Waals surface area (Å²) in [5.41, 5.74) is 2.05. The van der Waals surface area contributed by atoms with Crippen LogP contribution in [0.3, 0.4) is 0 Å². The zero-order valence-electron chi connectivity index (χ0n) is 15.1. The van der Waals surface area contributed by atoms with E-state index in [0.717, 1.165) is 6.42 Å². The molecule has 7 nitrogen and oxygen atoms in total. The van der Waals surface area contributed by atoms with Crippen molar-refractivity contribution in [2.45, 2.75) is 26.4 Å². The number of methoxy groups -OCH3 is 1. The summed E-state index contributed by atoms with van der Waals surface area (Å²) in [4.78, 5) is 31.3. The third-order valence-corrected chi connectivity index (χ3v) is 4.45. The highest BCUT2D eigenvalue weighted by molar-refractivity contribution is 5.94. The summed E-state index contributed by atoms with van der Waals surface area (Å²) >= 11 is 0. The number of carbonyl (C=O) groups is 1. The fraction of sp³-hybridized carbons (Fsp3) is 0.421. The maximum Gasteiger partial charge on any atom is 0.296 e. The number of hydrogen-bond acceptors (Lipinski definition) is 5. The van der Waals surface area contributed by atoms with Gasteiger partial charge in [-0.3, -0.25) is 14.2 Å². The Bertz CT molecular complexity index is 830. The summed E-state index contributed by atoms with van der Waals surface area (Å²) in [6, 6.07) is 7.60. The van der Waals surface area contributed by atoms with Gasteiger partial charge in [0.15, 0.2) is 0 Å². The molecule has 0 radical (unpaired) electrons. The van der Waals surface area contributed by atoms with E-state index in [4.69, 9.17) is 9.47 Å². The van der Waals surface area contributed by atoms with Crippen molar-refractivity contribution in [3.63, 3.8) is 0 Å². The summed E-state index contributed by atoms with van der Waals surface area (Å²) in [7, 11) is 1.58. The number of ether oxygens (including phenoxy) is 2. The highest BCUT2D eigenvalue weighted by atomic mass is 16.5. The van der Waals surface area contributed by atoms with E-state index in [0.29, 0.717) is 31.0 Å². The van der Waals surface area contributed by atoms with E-state index in [9.17, 15) is 9.59 Å². The number of hydrogen-bond donors (Lipinski definition) is 0. The van der Waals surface area contributed by atoms with Crippen molar-refractivity contribution >= 4 is 5.91 Å². The summed E-state index contributed by atoms with van der Waals surface area (Å²) < 4.78 is 12.1. The minimum absolute atomic E-state index is 0.0885. The van der Waals surface area contributed by atoms with Crippen LogP contribution in [-0.2, 0) is 24.2 Å². The third kappa shape index (κ3) is 3.77. The topological polar surface area (TPSA) is 73.7 Å². The van der Waals surface area contributed by atoms with Gasteiger partial charge < -0.3 is 14.4 Å². The Morgan fingerprint density at radius 3 is 2.77 bits per heavy atom. The van der Waals surface area contributed by atoms with Crippen LogP contribution in [-0.4, -0.2) is 47.2 Å². The minimum Gasteiger partial charge on any atom is -0.485 e. The van der Waals surface area contributed by atoms with Crippen molar-refractivity contribution in [2.24, 2.45) is 0 Å². The van der Waals surface area contributed by atoms with Crippen LogP contribution in [0, 0.1) is 0 Å². The fourth-order valence-electron chi connectivity index (χ4n) is 2.87. The van der Waals surface area contributed by atoms with E-state index in [-0.39, 0.29) is 30.4 Å². The quantitative estimate of drug-likeness (QED) is 0.811. The van der Waals surface area contributed by atoms with Crippen molar-refractivity contribution < 1.29 is 14.3 Å². The number of rotatable bonds is 5. The monoisotopic (exact) mass is 357 g/mol. The number of aromatic nitrogens is 2. The second kappa shape index (κ2) is 8.14. The van der Waals surface area contributed by atoms with Gasteiger partial charge in [0.1, 0.15) is 12.3 Å². The highest BCUT2D eigenvalue weighted by Crippen LogP contribution is 2.18. The molecule has 3 rings (SSSR count). The first-order valence-corrected chi connectivity index (χ1v) is 8.72. The molecule has 138 valence electrons. The molecule has 0 aliphatic carbocycles. The average Bonchev–Trinajstić information content (AvgIpc) is 2.90. The number of aryl methyl sites for hydroxylation is 1. The van der Waals surface area contributed by atoms with Crippen LogP contribution in [0.5, 0.6) is 5.75 Å². The molecule has 1 amide bonds. The van der Waals surface area contributed by atoms with Crippen LogP contribution < -0.4 is 10.3 Å². The molecule has 0 N–H and O–H groups in total. The van der Waals surface area contributed by atoms with Crippen LogP contribution in [0.25, 0.3) is 0 Å². The lowest BCUT2D eigenvalue weighted by molar-refractivity contribution is 0.0732. The SMILES string of the molecule is CCc1ccc(C(=O)N2CCOc3c(ncn(CCOC)c3=O)C2)cc1. The molecule has 0 bridgehead atoms. The second-order valence-electron chi connectivity index (χ2n) is 6.14. The van der Waals surface area contributed by atoms with E-state index in [1.807, 2.05) is 24.3 Å². The third-order valence-electron chi connectivity index (χ3n) is 4.45. The largest absolute Gasteiger partial charge is 0.485 e. The van der Waals surface area contributed by atoms with Crippen LogP contribution in [0.4, 0.5) is 0 Å². The Labute approximate surface area is 152 Å². The lowest BCUT2D eigenvalue weighted by atomic mass is 10.1. The number of benzene rings is 1. The molecular weight excluding hydrogens is 334 g/mol. The van der Waals surface area contributed by atoms with Crippen molar-refractivity contribution in [1.82, 2.24) is 14.5 Å². The first-order valence-electron chi connectivity index (χ1n) is 8.72. The summed E-state index contributed by atoms with van der Waals surface area (Å²) in [5, 5.41) is 0. The van der Waals surface area contributed by atoms with Crippen LogP contribution in [0.1, 0.15) is 28.5 Å². The van der Waals surface area contributed by atoms with Gasteiger partial charge in [0.25, 0.3) is 11.5 Å². The summed E-state index contributed by atoms with van der Waals surface area (Å²) in [5.74, 6) is 0.134. The molecule has 2 heterocycles. The highest BCUT2D eigenvalue weighted by Gasteiger charge is 2.24. The molecule has 1 aliphatic heterocycles. The zero-order valence-corrected chi connectivity index (χ0v) is 15.1. The van der Waals surface area contributed by atoms with E-state index in [1.54, 1.807) is 12.0 Å². The molecule has 0 saturated carbocycles. The molecule has 0 atom stereocenters. The number of carbonyl (C=O) groups excluding carboxylic acids is 1. The Hall–Kier alpha value is -2.67. The zero-order chi connectivity index (χ0) is 18.5. The molecule has 1 aromatic carbocycles. The molecule has 0 saturated heterocycles. The van der Waals surface area contributed by atoms with Crippen molar-refractivity contribution in [2.75, 3.05) is 26.9 Å². The Kier molecular flexibility index (Phi) is 5.68. The first kappa shape index (κ1) is 18.1. The molecule has 0 fully saturated rings. The summed E-state index contributed by atoms with van der Waals surface area (Å²) in [6.07, 6.45) is 2.41. The molecule has 0 spiro atoms. The number of fused-ring (bicyclic) bond motifs is 1. The van der Waals surface area contributed by atoms with Crippen LogP contribution >= 0.6 is 0 Å². The Morgan fingerprint density at radius 2 is 2.08 bits per heavy atom. The normalized spacial score (nSPS) is 13.7. The molecule has 26 heavy (non-hydrogen) atoms.